The lowest BCUT2D eigenvalue weighted by Gasteiger charge is -2.36. The number of carbonyl (C=O) groups excluding carboxylic acids is 1. The molecule has 0 unspecified atom stereocenters. The fraction of sp³-hybridized carbons (Fsp3) is 0.407. The molecule has 1 fully saturated rings. The first-order valence-electron chi connectivity index (χ1n) is 13.8. The highest BCUT2D eigenvalue weighted by atomic mass is 19.4. The van der Waals surface area contributed by atoms with Crippen LogP contribution in [0.4, 0.5) is 51.7 Å². The molecule has 0 saturated heterocycles. The molecule has 0 aromatic carbocycles. The van der Waals surface area contributed by atoms with Crippen LogP contribution in [0.3, 0.4) is 0 Å². The van der Waals surface area contributed by atoms with Crippen molar-refractivity contribution in [2.45, 2.75) is 56.7 Å². The minimum Gasteiger partial charge on any atom is -0.351 e. The van der Waals surface area contributed by atoms with Crippen molar-refractivity contribution in [2.75, 3.05) is 16.8 Å². The SMILES string of the molecule is Cn1cc(-c2cnc(N(C(=O)NCC(F)(F)F)[C@H]3CC[C@H](Nc4ncc(C(F)(F)F)c(-c5ccn(C(F)F)c5)n4)CC3)cn2)cn1. The van der Waals surface area contributed by atoms with Crippen molar-refractivity contribution in [2.24, 2.45) is 7.05 Å². The molecule has 1 aliphatic carbocycles. The van der Waals surface area contributed by atoms with Gasteiger partial charge in [-0.15, -0.1) is 0 Å². The Labute approximate surface area is 255 Å². The van der Waals surface area contributed by atoms with E-state index in [-0.39, 0.29) is 36.2 Å². The topological polar surface area (TPSA) is 119 Å². The van der Waals surface area contributed by atoms with Gasteiger partial charge in [0.1, 0.15) is 12.1 Å². The third-order valence-corrected chi connectivity index (χ3v) is 7.25. The highest BCUT2D eigenvalue weighted by molar-refractivity contribution is 5.91. The minimum atomic E-state index is -4.85. The van der Waals surface area contributed by atoms with E-state index in [0.717, 1.165) is 23.4 Å². The first-order chi connectivity index (χ1) is 21.7. The van der Waals surface area contributed by atoms with E-state index in [4.69, 9.17) is 0 Å². The van der Waals surface area contributed by atoms with E-state index >= 15 is 0 Å². The fourth-order valence-corrected chi connectivity index (χ4v) is 5.08. The lowest BCUT2D eigenvalue weighted by atomic mass is 9.90. The number of anilines is 2. The Morgan fingerprint density at radius 3 is 2.28 bits per heavy atom. The maximum atomic E-state index is 13.7. The summed E-state index contributed by atoms with van der Waals surface area (Å²) >= 11 is 0. The van der Waals surface area contributed by atoms with Crippen LogP contribution < -0.4 is 15.5 Å². The zero-order valence-corrected chi connectivity index (χ0v) is 23.9. The number of halogens is 8. The molecule has 11 nitrogen and oxygen atoms in total. The van der Waals surface area contributed by atoms with Crippen LogP contribution in [-0.4, -0.2) is 65.1 Å². The van der Waals surface area contributed by atoms with E-state index < -0.39 is 48.8 Å². The maximum absolute atomic E-state index is 13.7. The van der Waals surface area contributed by atoms with E-state index in [1.807, 2.05) is 5.32 Å². The second-order valence-electron chi connectivity index (χ2n) is 10.5. The summed E-state index contributed by atoms with van der Waals surface area (Å²) in [6, 6.07) is -0.916. The van der Waals surface area contributed by atoms with Gasteiger partial charge in [0.25, 0.3) is 0 Å². The van der Waals surface area contributed by atoms with Gasteiger partial charge < -0.3 is 10.6 Å². The van der Waals surface area contributed by atoms with Gasteiger partial charge in [0.2, 0.25) is 5.95 Å². The van der Waals surface area contributed by atoms with Gasteiger partial charge in [0, 0.05) is 55.0 Å². The van der Waals surface area contributed by atoms with Crippen molar-refractivity contribution < 1.29 is 39.9 Å². The molecule has 5 rings (SSSR count). The van der Waals surface area contributed by atoms with Crippen LogP contribution in [0.2, 0.25) is 0 Å². The van der Waals surface area contributed by atoms with Gasteiger partial charge in [0.05, 0.1) is 30.0 Å². The third kappa shape index (κ3) is 7.68. The van der Waals surface area contributed by atoms with E-state index in [2.05, 4.69) is 30.4 Å². The molecule has 2 amide bonds. The standard InChI is InChI=1S/C27H26F8N10O/c1-43-12-16(8-40-43)20-10-37-21(11-36-20)45(25(46)39-14-26(30,31)32)18-4-2-17(3-5-18)41-24-38-9-19(27(33,34)35)22(42-24)15-6-7-44(13-15)23(28)29/h6-13,17-18,23H,2-5,14H2,1H3,(H,39,46)(H,38,41,42)/t17-,18-. The predicted octanol–water partition coefficient (Wildman–Crippen LogP) is 6.05. The number of carbonyl (C=O) groups is 1. The number of rotatable bonds is 8. The third-order valence-electron chi connectivity index (χ3n) is 7.25. The van der Waals surface area contributed by atoms with Crippen molar-refractivity contribution in [1.82, 2.24) is 39.6 Å². The molecule has 4 aromatic rings. The average Bonchev–Trinajstić information content (AvgIpc) is 3.67. The molecule has 2 N–H and O–H groups in total. The molecule has 0 atom stereocenters. The normalized spacial score (nSPS) is 17.3. The van der Waals surface area contributed by atoms with Gasteiger partial charge >= 0.3 is 24.9 Å². The zero-order chi connectivity index (χ0) is 33.2. The van der Waals surface area contributed by atoms with Crippen molar-refractivity contribution in [3.05, 3.63) is 55.0 Å². The average molecular weight is 659 g/mol. The first kappa shape index (κ1) is 32.6. The lowest BCUT2D eigenvalue weighted by Crippen LogP contribution is -2.50. The van der Waals surface area contributed by atoms with Gasteiger partial charge in [-0.3, -0.25) is 19.1 Å². The van der Waals surface area contributed by atoms with Crippen LogP contribution in [0.25, 0.3) is 22.5 Å². The Bertz CT molecular complexity index is 1640. The molecule has 4 heterocycles. The molecule has 4 aromatic heterocycles. The summed E-state index contributed by atoms with van der Waals surface area (Å²) < 4.78 is 108. The number of amides is 2. The molecule has 0 radical (unpaired) electrons. The van der Waals surface area contributed by atoms with E-state index in [1.54, 1.807) is 24.1 Å². The molecule has 1 saturated carbocycles. The molecule has 246 valence electrons. The van der Waals surface area contributed by atoms with E-state index in [0.29, 0.717) is 34.9 Å². The molecule has 1 aliphatic rings. The predicted molar refractivity (Wildman–Crippen MR) is 148 cm³/mol. The maximum Gasteiger partial charge on any atom is 0.419 e. The summed E-state index contributed by atoms with van der Waals surface area (Å²) in [5.74, 6) is -0.150. The fourth-order valence-electron chi connectivity index (χ4n) is 5.08. The smallest absolute Gasteiger partial charge is 0.351 e. The first-order valence-corrected chi connectivity index (χ1v) is 13.8. The Hall–Kier alpha value is -4.84. The number of aryl methyl sites for hydroxylation is 1. The summed E-state index contributed by atoms with van der Waals surface area (Å²) in [6.07, 6.45) is -0.0626. The highest BCUT2D eigenvalue weighted by Crippen LogP contribution is 2.37. The number of urea groups is 1. The van der Waals surface area contributed by atoms with Crippen LogP contribution in [0, 0.1) is 0 Å². The molecule has 0 bridgehead atoms. The highest BCUT2D eigenvalue weighted by Gasteiger charge is 2.37. The number of hydrogen-bond donors (Lipinski definition) is 2. The van der Waals surface area contributed by atoms with Crippen molar-refractivity contribution >= 4 is 17.8 Å². The van der Waals surface area contributed by atoms with Gasteiger partial charge in [-0.2, -0.15) is 40.2 Å². The van der Waals surface area contributed by atoms with Gasteiger partial charge in [-0.25, -0.2) is 19.7 Å². The second kappa shape index (κ2) is 12.9. The number of alkyl halides is 8. The van der Waals surface area contributed by atoms with E-state index in [1.165, 1.54) is 12.4 Å². The lowest BCUT2D eigenvalue weighted by molar-refractivity contribution is -0.137. The summed E-state index contributed by atoms with van der Waals surface area (Å²) in [6.45, 7) is -4.52. The summed E-state index contributed by atoms with van der Waals surface area (Å²) in [5.41, 5.74) is -0.898. The Morgan fingerprint density at radius 1 is 0.978 bits per heavy atom. The summed E-state index contributed by atoms with van der Waals surface area (Å²) in [7, 11) is 1.71. The number of aromatic nitrogens is 7. The van der Waals surface area contributed by atoms with Gasteiger partial charge in [-0.1, -0.05) is 0 Å². The number of hydrogen-bond acceptors (Lipinski definition) is 7. The molecule has 19 heteroatoms. The number of nitrogens with zero attached hydrogens (tertiary/aromatic N) is 8. The Kier molecular flexibility index (Phi) is 9.11. The second-order valence-corrected chi connectivity index (χ2v) is 10.5. The zero-order valence-electron chi connectivity index (χ0n) is 23.9. The van der Waals surface area contributed by atoms with Crippen molar-refractivity contribution in [3.8, 4) is 22.5 Å². The van der Waals surface area contributed by atoms with Crippen molar-refractivity contribution in [3.63, 3.8) is 0 Å². The summed E-state index contributed by atoms with van der Waals surface area (Å²) in [4.78, 5) is 30.5. The largest absolute Gasteiger partial charge is 0.419 e. The molecular weight excluding hydrogens is 632 g/mol. The van der Waals surface area contributed by atoms with Gasteiger partial charge in [-0.05, 0) is 31.7 Å². The van der Waals surface area contributed by atoms with E-state index in [9.17, 15) is 39.9 Å². The summed E-state index contributed by atoms with van der Waals surface area (Å²) in [5, 5.41) is 8.88. The van der Waals surface area contributed by atoms with Crippen molar-refractivity contribution in [1.29, 1.82) is 0 Å². The quantitative estimate of drug-likeness (QED) is 0.221. The molecule has 46 heavy (non-hydrogen) atoms. The number of nitrogens with one attached hydrogen (secondary N) is 2. The molecule has 0 aliphatic heterocycles. The van der Waals surface area contributed by atoms with Gasteiger partial charge in [0.15, 0.2) is 5.82 Å². The van der Waals surface area contributed by atoms with Crippen LogP contribution in [0.15, 0.2) is 49.4 Å². The van der Waals surface area contributed by atoms with Crippen LogP contribution in [0.5, 0.6) is 0 Å². The minimum absolute atomic E-state index is 0.0233. The monoisotopic (exact) mass is 658 g/mol. The van der Waals surface area contributed by atoms with Crippen LogP contribution in [-0.2, 0) is 13.2 Å². The Balaban J connectivity index is 1.32. The Morgan fingerprint density at radius 2 is 1.72 bits per heavy atom. The van der Waals surface area contributed by atoms with Crippen LogP contribution in [0.1, 0.15) is 37.8 Å². The molecule has 0 spiro atoms. The van der Waals surface area contributed by atoms with Crippen LogP contribution >= 0.6 is 0 Å². The molecular formula is C27H26F8N10O.